The van der Waals surface area contributed by atoms with Crippen molar-refractivity contribution in [2.45, 2.75) is 155 Å². The molecule has 2 N–H and O–H groups in total. The van der Waals surface area contributed by atoms with Crippen molar-refractivity contribution >= 4 is 29.1 Å². The van der Waals surface area contributed by atoms with E-state index in [0.29, 0.717) is 35.7 Å². The molecular formula is C45H67N5O11. The number of hydrogen-bond donors (Lipinski definition) is 2. The minimum atomic E-state index is -1.64. The van der Waals surface area contributed by atoms with Crippen LogP contribution < -0.4 is 0 Å². The second-order valence-electron chi connectivity index (χ2n) is 17.9. The third-order valence-electron chi connectivity index (χ3n) is 13.0. The molecule has 3 aliphatic heterocycles. The average Bonchev–Trinajstić information content (AvgIpc) is 3.77. The molecule has 5 heterocycles. The van der Waals surface area contributed by atoms with Gasteiger partial charge in [-0.05, 0) is 91.8 Å². The van der Waals surface area contributed by atoms with Crippen LogP contribution in [0.15, 0.2) is 45.3 Å². The molecule has 0 aliphatic carbocycles. The molecule has 2 bridgehead atoms. The number of amides is 1. The number of Topliss-reactive ketones (excluding diaryl/α,β-unsaturated/α-hetero) is 1. The number of oxime groups is 1. The third kappa shape index (κ3) is 11.2. The molecule has 16 heteroatoms. The fourth-order valence-electron chi connectivity index (χ4n) is 9.37. The van der Waals surface area contributed by atoms with Crippen LogP contribution in [0.5, 0.6) is 0 Å². The fourth-order valence-corrected chi connectivity index (χ4v) is 9.37. The Morgan fingerprint density at radius 1 is 1.07 bits per heavy atom. The molecule has 2 aromatic rings. The Kier molecular flexibility index (Phi) is 16.2. The van der Waals surface area contributed by atoms with Crippen molar-refractivity contribution in [1.82, 2.24) is 15.0 Å². The number of aliphatic hydroxyl groups excluding tert-OH is 1. The Hall–Kier alpha value is -3.93. The van der Waals surface area contributed by atoms with Crippen LogP contribution >= 0.6 is 0 Å². The van der Waals surface area contributed by atoms with Gasteiger partial charge in [0.05, 0.1) is 36.3 Å². The molecule has 1 amide bonds. The molecule has 3 fully saturated rings. The van der Waals surface area contributed by atoms with Crippen LogP contribution in [0, 0.1) is 29.6 Å². The zero-order chi connectivity index (χ0) is 44.8. The summed E-state index contributed by atoms with van der Waals surface area (Å²) in [5.74, 6) is -4.84. The van der Waals surface area contributed by atoms with E-state index in [-0.39, 0.29) is 57.0 Å². The number of rotatable bonds is 9. The van der Waals surface area contributed by atoms with Gasteiger partial charge in [-0.2, -0.15) is 0 Å². The summed E-state index contributed by atoms with van der Waals surface area (Å²) in [4.78, 5) is 58.8. The summed E-state index contributed by atoms with van der Waals surface area (Å²) in [6.07, 6.45) is 0.287. The van der Waals surface area contributed by atoms with Gasteiger partial charge in [-0.3, -0.25) is 19.4 Å². The molecule has 0 unspecified atom stereocenters. The van der Waals surface area contributed by atoms with E-state index in [1.54, 1.807) is 45.3 Å². The minimum absolute atomic E-state index is 0.0662. The lowest BCUT2D eigenvalue weighted by Gasteiger charge is -2.47. The molecule has 0 radical (unpaired) electrons. The fraction of sp³-hybridized carbons (Fsp3) is 0.711. The summed E-state index contributed by atoms with van der Waals surface area (Å²) in [5.41, 5.74) is -0.583. The Bertz CT molecular complexity index is 1850. The van der Waals surface area contributed by atoms with Gasteiger partial charge in [0, 0.05) is 47.8 Å². The third-order valence-corrected chi connectivity index (χ3v) is 13.0. The lowest BCUT2D eigenvalue weighted by molar-refractivity contribution is -0.296. The molecule has 3 aliphatic rings. The van der Waals surface area contributed by atoms with E-state index >= 15 is 0 Å². The van der Waals surface area contributed by atoms with E-state index in [9.17, 15) is 24.6 Å². The van der Waals surface area contributed by atoms with E-state index in [1.807, 2.05) is 59.7 Å². The number of carbonyl (C=O) groups excluding carboxylic acids is 3. The Morgan fingerprint density at radius 3 is 2.43 bits per heavy atom. The SMILES string of the molecule is CCC(=O)N=C1[C@H](C)C[C@@]2(C)OC/C(=N/OCc3ccc(-c4ccno4)nc3)CC[C@H]([C@H]1C)[C@](C)(O)[C@@H](CC)OC(=O)[C@H](C)C(=O)[C@H](C)[C@H]2O[C@@H]1O[C@H](C)C[C@H](N(C)C)[C@H]1O. The molecule has 338 valence electrons. The molecule has 0 spiro atoms. The molecule has 16 nitrogen and oxygen atoms in total. The number of esters is 1. The normalized spacial score (nSPS) is 37.2. The highest BCUT2D eigenvalue weighted by Gasteiger charge is 2.52. The summed E-state index contributed by atoms with van der Waals surface area (Å²) < 4.78 is 31.4. The van der Waals surface area contributed by atoms with Gasteiger partial charge >= 0.3 is 5.97 Å². The van der Waals surface area contributed by atoms with Crippen molar-refractivity contribution in [3.8, 4) is 11.5 Å². The zero-order valence-corrected chi connectivity index (χ0v) is 37.7. The quantitative estimate of drug-likeness (QED) is 0.180. The van der Waals surface area contributed by atoms with Crippen molar-refractivity contribution in [1.29, 1.82) is 0 Å². The van der Waals surface area contributed by atoms with Gasteiger partial charge in [0.25, 0.3) is 0 Å². The highest BCUT2D eigenvalue weighted by atomic mass is 16.7. The van der Waals surface area contributed by atoms with E-state index in [0.717, 1.165) is 5.56 Å². The van der Waals surface area contributed by atoms with Crippen LogP contribution in [0.25, 0.3) is 11.5 Å². The predicted molar refractivity (Wildman–Crippen MR) is 226 cm³/mol. The molecule has 5 rings (SSSR count). The topological polar surface area (TPSA) is 205 Å². The van der Waals surface area contributed by atoms with E-state index in [1.165, 1.54) is 6.92 Å². The summed E-state index contributed by atoms with van der Waals surface area (Å²) in [5, 5.41) is 32.6. The Balaban J connectivity index is 1.64. The van der Waals surface area contributed by atoms with Gasteiger partial charge < -0.3 is 43.4 Å². The summed E-state index contributed by atoms with van der Waals surface area (Å²) >= 11 is 0. The van der Waals surface area contributed by atoms with Gasteiger partial charge in [0.15, 0.2) is 17.8 Å². The maximum atomic E-state index is 14.6. The standard InChI is InChI=1S/C45H67N5O11/c1-12-36-45(9,55)32-16-15-31(49-57-23-30-14-17-33(46-22-30)35-18-19-47-61-35)24-56-44(8,21-25(3)38(27(32)5)48-37(51)13-2)41(28(6)39(52)29(7)42(54)59-36)60-43-40(53)34(50(10)11)20-26(4)58-43/h14,17-19,22,25-29,32,34,36,40-41,43,53,55H,12-13,15-16,20-21,23-24H2,1-11H3/b48-38?,49-31+/t25-,26-,27-,28+,29-,32-,34+,36-,40-,41-,43+,44-,45+/m1/s1. The summed E-state index contributed by atoms with van der Waals surface area (Å²) in [6.45, 7) is 16.0. The number of pyridine rings is 1. The molecule has 2 aromatic heterocycles. The first-order valence-corrected chi connectivity index (χ1v) is 21.7. The first kappa shape index (κ1) is 48.1. The van der Waals surface area contributed by atoms with Crippen LogP contribution in [-0.4, -0.2) is 123 Å². The number of nitrogens with zero attached hydrogens (tertiary/aromatic N) is 5. The van der Waals surface area contributed by atoms with Crippen LogP contribution in [0.1, 0.15) is 106 Å². The van der Waals surface area contributed by atoms with Gasteiger partial charge in [-0.25, -0.2) is 4.99 Å². The Labute approximate surface area is 359 Å². The van der Waals surface area contributed by atoms with Crippen molar-refractivity contribution in [2.75, 3.05) is 20.7 Å². The van der Waals surface area contributed by atoms with Crippen LogP contribution in [0.2, 0.25) is 0 Å². The number of ketones is 1. The van der Waals surface area contributed by atoms with Crippen molar-refractivity contribution in [3.05, 3.63) is 36.2 Å². The summed E-state index contributed by atoms with van der Waals surface area (Å²) in [6, 6.07) is 5.06. The number of aliphatic hydroxyl groups is 2. The number of cyclic esters (lactones) is 1. The van der Waals surface area contributed by atoms with Crippen LogP contribution in [0.3, 0.4) is 0 Å². The minimum Gasteiger partial charge on any atom is -0.459 e. The monoisotopic (exact) mass is 853 g/mol. The van der Waals surface area contributed by atoms with Crippen molar-refractivity contribution in [3.63, 3.8) is 0 Å². The molecule has 13 atom stereocenters. The number of ether oxygens (including phenoxy) is 4. The van der Waals surface area contributed by atoms with Crippen molar-refractivity contribution < 1.29 is 52.9 Å². The highest BCUT2D eigenvalue weighted by Crippen LogP contribution is 2.42. The first-order valence-electron chi connectivity index (χ1n) is 21.7. The van der Waals surface area contributed by atoms with Crippen LogP contribution in [-0.2, 0) is 44.8 Å². The average molecular weight is 854 g/mol. The second kappa shape index (κ2) is 20.5. The zero-order valence-electron chi connectivity index (χ0n) is 37.7. The number of aromatic nitrogens is 2. The van der Waals surface area contributed by atoms with E-state index < -0.39 is 77.1 Å². The maximum Gasteiger partial charge on any atom is 0.316 e. The second-order valence-corrected chi connectivity index (χ2v) is 17.9. The summed E-state index contributed by atoms with van der Waals surface area (Å²) in [7, 11) is 3.75. The number of fused-ring (bicyclic) bond motifs is 5. The van der Waals surface area contributed by atoms with E-state index in [4.69, 9.17) is 28.3 Å². The number of hydrogen-bond acceptors (Lipinski definition) is 15. The van der Waals surface area contributed by atoms with E-state index in [2.05, 4.69) is 20.3 Å². The van der Waals surface area contributed by atoms with Gasteiger partial charge in [0.2, 0.25) is 5.91 Å². The number of aliphatic imine (C=N–C) groups is 1. The number of carbonyl (C=O) groups is 3. The Morgan fingerprint density at radius 2 is 1.80 bits per heavy atom. The highest BCUT2D eigenvalue weighted by molar-refractivity contribution is 6.00. The molecule has 61 heavy (non-hydrogen) atoms. The molecule has 0 saturated carbocycles. The smallest absolute Gasteiger partial charge is 0.316 e. The predicted octanol–water partition coefficient (Wildman–Crippen LogP) is 5.57. The van der Waals surface area contributed by atoms with Gasteiger partial charge in [0.1, 0.15) is 36.0 Å². The van der Waals surface area contributed by atoms with Crippen LogP contribution in [0.4, 0.5) is 0 Å². The van der Waals surface area contributed by atoms with Gasteiger partial charge in [-0.1, -0.05) is 51.0 Å². The molecular weight excluding hydrogens is 787 g/mol. The lowest BCUT2D eigenvalue weighted by Crippen LogP contribution is -2.59. The maximum absolute atomic E-state index is 14.6. The largest absolute Gasteiger partial charge is 0.459 e. The van der Waals surface area contributed by atoms with Crippen molar-refractivity contribution in [2.24, 2.45) is 39.7 Å². The first-order chi connectivity index (χ1) is 28.8. The molecule has 3 saturated heterocycles. The number of likely N-dealkylation sites (N-methyl/N-ethyl adjacent to an activating group) is 1. The van der Waals surface area contributed by atoms with Gasteiger partial charge in [-0.15, -0.1) is 0 Å². The lowest BCUT2D eigenvalue weighted by atomic mass is 9.68. The molecule has 0 aromatic carbocycles.